The van der Waals surface area contributed by atoms with Gasteiger partial charge in [-0.15, -0.1) is 11.3 Å². The average molecular weight is 277 g/mol. The summed E-state index contributed by atoms with van der Waals surface area (Å²) in [4.78, 5) is 14.2. The molecule has 1 atom stereocenters. The average Bonchev–Trinajstić information content (AvgIpc) is 2.84. The number of nitrogens with zero attached hydrogens (tertiary/aromatic N) is 2. The molecule has 2 rings (SSSR count). The second-order valence-corrected chi connectivity index (χ2v) is 6.04. The molecular formula is C14H19N3OS. The number of hydrogen-bond acceptors (Lipinski definition) is 4. The molecule has 0 spiro atoms. The zero-order valence-corrected chi connectivity index (χ0v) is 12.0. The first kappa shape index (κ1) is 14.0. The van der Waals surface area contributed by atoms with Crippen molar-refractivity contribution in [2.45, 2.75) is 26.2 Å². The van der Waals surface area contributed by atoms with Gasteiger partial charge in [0.25, 0.3) is 0 Å². The van der Waals surface area contributed by atoms with Crippen LogP contribution in [0.3, 0.4) is 0 Å². The largest absolute Gasteiger partial charge is 0.317 e. The van der Waals surface area contributed by atoms with Crippen LogP contribution in [0.2, 0.25) is 0 Å². The minimum atomic E-state index is -0.00261. The molecule has 4 nitrogen and oxygen atoms in total. The fraction of sp³-hybridized carbons (Fsp3) is 0.571. The molecule has 1 fully saturated rings. The van der Waals surface area contributed by atoms with Gasteiger partial charge in [-0.3, -0.25) is 4.79 Å². The normalized spacial score (nSPS) is 19.9. The summed E-state index contributed by atoms with van der Waals surface area (Å²) in [5, 5.41) is 14.2. The van der Waals surface area contributed by atoms with E-state index in [9.17, 15) is 4.79 Å². The molecule has 102 valence electrons. The Hall–Kier alpha value is -1.38. The van der Waals surface area contributed by atoms with Crippen LogP contribution < -0.4 is 5.32 Å². The molecule has 19 heavy (non-hydrogen) atoms. The second-order valence-electron chi connectivity index (χ2n) is 5.12. The van der Waals surface area contributed by atoms with Crippen LogP contribution in [-0.2, 0) is 4.79 Å². The Labute approximate surface area is 118 Å². The van der Waals surface area contributed by atoms with Crippen LogP contribution in [-0.4, -0.2) is 30.4 Å². The Kier molecular flexibility index (Phi) is 4.94. The van der Waals surface area contributed by atoms with Crippen LogP contribution >= 0.6 is 11.3 Å². The number of likely N-dealkylation sites (tertiary alicyclic amines) is 1. The molecule has 0 bridgehead atoms. The van der Waals surface area contributed by atoms with Crippen LogP contribution in [0.25, 0.3) is 0 Å². The van der Waals surface area contributed by atoms with E-state index < -0.39 is 0 Å². The molecule has 0 saturated carbocycles. The van der Waals surface area contributed by atoms with Gasteiger partial charge in [-0.25, -0.2) is 0 Å². The van der Waals surface area contributed by atoms with E-state index in [1.807, 2.05) is 5.38 Å². The van der Waals surface area contributed by atoms with Crippen molar-refractivity contribution in [3.63, 3.8) is 0 Å². The van der Waals surface area contributed by atoms with Crippen molar-refractivity contribution in [2.24, 2.45) is 5.92 Å². The molecule has 0 aliphatic carbocycles. The van der Waals surface area contributed by atoms with Gasteiger partial charge in [0, 0.05) is 19.5 Å². The Morgan fingerprint density at radius 2 is 2.53 bits per heavy atom. The summed E-state index contributed by atoms with van der Waals surface area (Å²) in [6.07, 6.45) is 3.02. The highest BCUT2D eigenvalue weighted by atomic mass is 32.1. The zero-order chi connectivity index (χ0) is 13.7. The van der Waals surface area contributed by atoms with Gasteiger partial charge >= 0.3 is 0 Å². The standard InChI is InChI=1S/C14H19N3OS/c1-11-3-2-6-17(10-11)7-4-13(18)16-14-12(9-15)5-8-19-14/h5,8,11H,2-4,6-7,10H2,1H3,(H,16,18)/t11-/m0/s1. The van der Waals surface area contributed by atoms with Crippen molar-refractivity contribution in [2.75, 3.05) is 25.0 Å². The van der Waals surface area contributed by atoms with Gasteiger partial charge in [0.2, 0.25) is 5.91 Å². The Morgan fingerprint density at radius 3 is 3.26 bits per heavy atom. The highest BCUT2D eigenvalue weighted by molar-refractivity contribution is 7.14. The number of thiophene rings is 1. The van der Waals surface area contributed by atoms with Crippen LogP contribution in [0.1, 0.15) is 31.7 Å². The monoisotopic (exact) mass is 277 g/mol. The Balaban J connectivity index is 1.77. The second kappa shape index (κ2) is 6.69. The van der Waals surface area contributed by atoms with Crippen molar-refractivity contribution in [1.29, 1.82) is 5.26 Å². The maximum Gasteiger partial charge on any atom is 0.226 e. The number of hydrogen-bond donors (Lipinski definition) is 1. The maximum atomic E-state index is 11.9. The maximum absolute atomic E-state index is 11.9. The summed E-state index contributed by atoms with van der Waals surface area (Å²) in [7, 11) is 0. The molecule has 1 aromatic heterocycles. The summed E-state index contributed by atoms with van der Waals surface area (Å²) < 4.78 is 0. The van der Waals surface area contributed by atoms with E-state index in [0.29, 0.717) is 17.0 Å². The number of amides is 1. The quantitative estimate of drug-likeness (QED) is 0.920. The number of nitrogens with one attached hydrogen (secondary N) is 1. The lowest BCUT2D eigenvalue weighted by Crippen LogP contribution is -2.36. The van der Waals surface area contributed by atoms with Crippen molar-refractivity contribution < 1.29 is 4.79 Å². The summed E-state index contributed by atoms with van der Waals surface area (Å²) in [6, 6.07) is 3.81. The lowest BCUT2D eigenvalue weighted by molar-refractivity contribution is -0.116. The van der Waals surface area contributed by atoms with E-state index in [1.54, 1.807) is 6.07 Å². The predicted molar refractivity (Wildman–Crippen MR) is 77.1 cm³/mol. The molecule has 1 aromatic rings. The lowest BCUT2D eigenvalue weighted by atomic mass is 10.0. The van der Waals surface area contributed by atoms with E-state index in [0.717, 1.165) is 25.6 Å². The molecule has 0 aromatic carbocycles. The fourth-order valence-electron chi connectivity index (χ4n) is 2.43. The molecule has 0 unspecified atom stereocenters. The third-order valence-corrected chi connectivity index (χ3v) is 4.26. The third kappa shape index (κ3) is 4.05. The first-order valence-corrected chi connectivity index (χ1v) is 7.57. The third-order valence-electron chi connectivity index (χ3n) is 3.43. The van der Waals surface area contributed by atoms with Crippen LogP contribution in [0, 0.1) is 17.2 Å². The van der Waals surface area contributed by atoms with E-state index in [2.05, 4.69) is 23.2 Å². The van der Waals surface area contributed by atoms with Gasteiger partial charge in [0.15, 0.2) is 0 Å². The van der Waals surface area contributed by atoms with E-state index >= 15 is 0 Å². The summed E-state index contributed by atoms with van der Waals surface area (Å²) in [6.45, 7) is 5.26. The predicted octanol–water partition coefficient (Wildman–Crippen LogP) is 2.68. The fourth-order valence-corrected chi connectivity index (χ4v) is 3.19. The van der Waals surface area contributed by atoms with Crippen molar-refractivity contribution in [3.8, 4) is 6.07 Å². The summed E-state index contributed by atoms with van der Waals surface area (Å²) in [5.41, 5.74) is 0.546. The molecule has 1 aliphatic heterocycles. The summed E-state index contributed by atoms with van der Waals surface area (Å²) >= 11 is 1.40. The van der Waals surface area contributed by atoms with E-state index in [1.165, 1.54) is 24.2 Å². The number of piperidine rings is 1. The number of carbonyl (C=O) groups is 1. The SMILES string of the molecule is C[C@H]1CCCN(CCC(=O)Nc2sccc2C#N)C1. The van der Waals surface area contributed by atoms with Crippen molar-refractivity contribution in [1.82, 2.24) is 4.90 Å². The first-order valence-electron chi connectivity index (χ1n) is 6.69. The molecule has 1 amide bonds. The molecule has 1 saturated heterocycles. The Morgan fingerprint density at radius 1 is 1.68 bits per heavy atom. The molecule has 1 aliphatic rings. The van der Waals surface area contributed by atoms with Crippen LogP contribution in [0.5, 0.6) is 0 Å². The van der Waals surface area contributed by atoms with Crippen molar-refractivity contribution >= 4 is 22.2 Å². The molecule has 1 N–H and O–H groups in total. The van der Waals surface area contributed by atoms with Crippen molar-refractivity contribution in [3.05, 3.63) is 17.0 Å². The van der Waals surface area contributed by atoms with Gasteiger partial charge in [-0.1, -0.05) is 6.92 Å². The number of anilines is 1. The highest BCUT2D eigenvalue weighted by Crippen LogP contribution is 2.22. The smallest absolute Gasteiger partial charge is 0.226 e. The highest BCUT2D eigenvalue weighted by Gasteiger charge is 2.17. The van der Waals surface area contributed by atoms with E-state index in [-0.39, 0.29) is 5.91 Å². The number of rotatable bonds is 4. The van der Waals surface area contributed by atoms with E-state index in [4.69, 9.17) is 5.26 Å². The van der Waals surface area contributed by atoms with Gasteiger partial charge < -0.3 is 10.2 Å². The topological polar surface area (TPSA) is 56.1 Å². The van der Waals surface area contributed by atoms with Gasteiger partial charge in [0.1, 0.15) is 11.1 Å². The molecule has 2 heterocycles. The lowest BCUT2D eigenvalue weighted by Gasteiger charge is -2.30. The molecular weight excluding hydrogens is 258 g/mol. The zero-order valence-electron chi connectivity index (χ0n) is 11.2. The molecule has 5 heteroatoms. The van der Waals surface area contributed by atoms with Crippen LogP contribution in [0.15, 0.2) is 11.4 Å². The summed E-state index contributed by atoms with van der Waals surface area (Å²) in [5.74, 6) is 0.733. The number of carbonyl (C=O) groups excluding carboxylic acids is 1. The van der Waals surface area contributed by atoms with Gasteiger partial charge in [-0.05, 0) is 36.8 Å². The Bertz CT molecular complexity index is 477. The first-order chi connectivity index (χ1) is 9.19. The minimum Gasteiger partial charge on any atom is -0.317 e. The van der Waals surface area contributed by atoms with Gasteiger partial charge in [-0.2, -0.15) is 5.26 Å². The minimum absolute atomic E-state index is 0.00261. The number of nitriles is 1. The molecule has 0 radical (unpaired) electrons. The van der Waals surface area contributed by atoms with Gasteiger partial charge in [0.05, 0.1) is 5.56 Å². The van der Waals surface area contributed by atoms with Crippen LogP contribution in [0.4, 0.5) is 5.00 Å².